The maximum absolute atomic E-state index is 5.96. The van der Waals surface area contributed by atoms with Gasteiger partial charge in [-0.25, -0.2) is 4.99 Å². The maximum atomic E-state index is 5.96. The number of aryl methyl sites for hydroxylation is 1. The van der Waals surface area contributed by atoms with Crippen LogP contribution in [0.25, 0.3) is 0 Å². The number of nitrogens with zero attached hydrogens (tertiary/aromatic N) is 1. The van der Waals surface area contributed by atoms with Gasteiger partial charge in [-0.05, 0) is 30.5 Å². The monoisotopic (exact) mass is 195 g/mol. The molecule has 1 aromatic rings. The van der Waals surface area contributed by atoms with Gasteiger partial charge in [0.25, 0.3) is 0 Å². The number of aliphatic imine (C=N–C) groups is 1. The summed E-state index contributed by atoms with van der Waals surface area (Å²) in [6.07, 6.45) is 0. The molecule has 1 heterocycles. The van der Waals surface area contributed by atoms with Crippen molar-refractivity contribution < 1.29 is 0 Å². The lowest BCUT2D eigenvalue weighted by Crippen LogP contribution is -1.81. The fourth-order valence-corrected chi connectivity index (χ4v) is 1.89. The second kappa shape index (κ2) is 2.98. The Balaban J connectivity index is 2.64. The highest BCUT2D eigenvalue weighted by Gasteiger charge is 2.06. The van der Waals surface area contributed by atoms with Crippen LogP contribution in [0.2, 0.25) is 5.02 Å². The van der Waals surface area contributed by atoms with E-state index >= 15 is 0 Å². The summed E-state index contributed by atoms with van der Waals surface area (Å²) in [6, 6.07) is 3.92. The van der Waals surface area contributed by atoms with E-state index in [1.54, 1.807) is 11.8 Å². The molecular weight excluding hydrogens is 190 g/mol. The number of hydrogen-bond donors (Lipinski definition) is 0. The minimum absolute atomic E-state index is 0.798. The third kappa shape index (κ3) is 1.29. The molecule has 0 saturated heterocycles. The molecule has 2 rings (SSSR count). The van der Waals surface area contributed by atoms with Crippen LogP contribution < -0.4 is 0 Å². The van der Waals surface area contributed by atoms with E-state index in [0.29, 0.717) is 0 Å². The summed E-state index contributed by atoms with van der Waals surface area (Å²) in [7, 11) is 0. The van der Waals surface area contributed by atoms with Gasteiger partial charge in [0.15, 0.2) is 0 Å². The van der Waals surface area contributed by atoms with Crippen LogP contribution in [0.5, 0.6) is 0 Å². The molecule has 0 amide bonds. The van der Waals surface area contributed by atoms with Crippen molar-refractivity contribution in [2.75, 3.05) is 0 Å². The zero-order valence-electron chi connectivity index (χ0n) is 6.47. The summed E-state index contributed by atoms with van der Waals surface area (Å²) in [4.78, 5) is 5.21. The molecule has 0 N–H and O–H groups in total. The Morgan fingerprint density at radius 3 is 3.17 bits per heavy atom. The van der Waals surface area contributed by atoms with Gasteiger partial charge in [-0.2, -0.15) is 0 Å². The summed E-state index contributed by atoms with van der Waals surface area (Å²) in [5.74, 6) is 2.81. The third-order valence-electron chi connectivity index (χ3n) is 1.66. The molecule has 1 nitrogen and oxygen atoms in total. The lowest BCUT2D eigenvalue weighted by molar-refractivity contribution is 1.33. The van der Waals surface area contributed by atoms with E-state index in [1.165, 1.54) is 0 Å². The molecule has 0 atom stereocenters. The molecule has 0 spiro atoms. The fourth-order valence-electron chi connectivity index (χ4n) is 1.02. The minimum Gasteiger partial charge on any atom is -0.205 e. The van der Waals surface area contributed by atoms with Gasteiger partial charge in [0.05, 0.1) is 5.69 Å². The fraction of sp³-hybridized carbons (Fsp3) is 0.111. The smallest absolute Gasteiger partial charge is 0.0872 e. The van der Waals surface area contributed by atoms with E-state index in [9.17, 15) is 0 Å². The minimum atomic E-state index is 0.798. The molecule has 0 saturated carbocycles. The van der Waals surface area contributed by atoms with Crippen molar-refractivity contribution >= 4 is 34.9 Å². The second-order valence-corrected chi connectivity index (χ2v) is 3.86. The Morgan fingerprint density at radius 1 is 1.50 bits per heavy atom. The van der Waals surface area contributed by atoms with E-state index in [1.807, 2.05) is 24.5 Å². The number of rotatable bonds is 0. The average Bonchev–Trinajstić information content (AvgIpc) is 2.07. The van der Waals surface area contributed by atoms with E-state index in [-0.39, 0.29) is 0 Å². The molecule has 0 unspecified atom stereocenters. The van der Waals surface area contributed by atoms with Crippen molar-refractivity contribution in [1.29, 1.82) is 0 Å². The van der Waals surface area contributed by atoms with Crippen molar-refractivity contribution in [2.24, 2.45) is 4.99 Å². The maximum Gasteiger partial charge on any atom is 0.0872 e. The summed E-state index contributed by atoms with van der Waals surface area (Å²) >= 11 is 7.55. The highest BCUT2D eigenvalue weighted by molar-refractivity contribution is 8.02. The molecule has 12 heavy (non-hydrogen) atoms. The Labute approximate surface area is 80.2 Å². The van der Waals surface area contributed by atoms with Crippen molar-refractivity contribution in [2.45, 2.75) is 11.8 Å². The lowest BCUT2D eigenvalue weighted by Gasteiger charge is -2.06. The Morgan fingerprint density at radius 2 is 2.33 bits per heavy atom. The molecule has 0 aliphatic carbocycles. The highest BCUT2D eigenvalue weighted by atomic mass is 35.5. The van der Waals surface area contributed by atoms with Gasteiger partial charge in [0.1, 0.15) is 0 Å². The van der Waals surface area contributed by atoms with Gasteiger partial charge < -0.3 is 0 Å². The molecule has 1 aromatic carbocycles. The molecule has 1 aliphatic rings. The molecule has 60 valence electrons. The van der Waals surface area contributed by atoms with Crippen LogP contribution in [-0.4, -0.2) is 5.87 Å². The SMILES string of the molecule is Cc1cc2c(cc1Cl)SC=C=N2. The predicted molar refractivity (Wildman–Crippen MR) is 53.7 cm³/mol. The number of fused-ring (bicyclic) bond motifs is 1. The van der Waals surface area contributed by atoms with Gasteiger partial charge in [0, 0.05) is 15.3 Å². The Kier molecular flexibility index (Phi) is 1.97. The van der Waals surface area contributed by atoms with Gasteiger partial charge >= 0.3 is 0 Å². The van der Waals surface area contributed by atoms with Crippen molar-refractivity contribution in [3.63, 3.8) is 0 Å². The summed E-state index contributed by atoms with van der Waals surface area (Å²) in [6.45, 7) is 1.97. The van der Waals surface area contributed by atoms with Crippen LogP contribution in [0, 0.1) is 6.92 Å². The zero-order valence-corrected chi connectivity index (χ0v) is 8.04. The first-order valence-corrected chi connectivity index (χ1v) is 4.78. The molecular formula is C9H6ClNS. The normalized spacial score (nSPS) is 13.2. The van der Waals surface area contributed by atoms with E-state index in [0.717, 1.165) is 21.2 Å². The Hall–Kier alpha value is -0.690. The molecule has 1 aliphatic heterocycles. The lowest BCUT2D eigenvalue weighted by atomic mass is 10.2. The first-order chi connectivity index (χ1) is 5.77. The van der Waals surface area contributed by atoms with Gasteiger partial charge in [-0.1, -0.05) is 23.4 Å². The second-order valence-electron chi connectivity index (χ2n) is 2.55. The standard InChI is InChI=1S/C9H6ClNS/c1-6-4-8-9(5-7(6)10)12-3-2-11-8/h3-5H,1H3. The van der Waals surface area contributed by atoms with Gasteiger partial charge in [0.2, 0.25) is 0 Å². The zero-order chi connectivity index (χ0) is 8.55. The third-order valence-corrected chi connectivity index (χ3v) is 2.88. The van der Waals surface area contributed by atoms with Crippen LogP contribution in [0.15, 0.2) is 27.4 Å². The van der Waals surface area contributed by atoms with Crippen LogP contribution in [-0.2, 0) is 0 Å². The van der Waals surface area contributed by atoms with Crippen LogP contribution in [0.4, 0.5) is 5.69 Å². The van der Waals surface area contributed by atoms with E-state index < -0.39 is 0 Å². The van der Waals surface area contributed by atoms with Crippen molar-refractivity contribution in [3.05, 3.63) is 28.1 Å². The Bertz CT molecular complexity index is 392. The van der Waals surface area contributed by atoms with Crippen LogP contribution >= 0.6 is 23.4 Å². The van der Waals surface area contributed by atoms with Crippen molar-refractivity contribution in [3.8, 4) is 0 Å². The van der Waals surface area contributed by atoms with Crippen molar-refractivity contribution in [1.82, 2.24) is 0 Å². The largest absolute Gasteiger partial charge is 0.205 e. The topological polar surface area (TPSA) is 12.4 Å². The summed E-state index contributed by atoms with van der Waals surface area (Å²) in [5.41, 5.74) is 2.02. The predicted octanol–water partition coefficient (Wildman–Crippen LogP) is 3.57. The number of thioether (sulfide) groups is 1. The van der Waals surface area contributed by atoms with Gasteiger partial charge in [-0.15, -0.1) is 0 Å². The molecule has 0 bridgehead atoms. The van der Waals surface area contributed by atoms with Crippen LogP contribution in [0.3, 0.4) is 0 Å². The number of halogens is 1. The molecule has 0 aromatic heterocycles. The van der Waals surface area contributed by atoms with E-state index in [2.05, 4.69) is 10.9 Å². The molecule has 0 radical (unpaired) electrons. The highest BCUT2D eigenvalue weighted by Crippen LogP contribution is 2.35. The first kappa shape index (κ1) is 7.93. The van der Waals surface area contributed by atoms with Gasteiger partial charge in [-0.3, -0.25) is 0 Å². The molecule has 0 fully saturated rings. The van der Waals surface area contributed by atoms with E-state index in [4.69, 9.17) is 11.6 Å². The van der Waals surface area contributed by atoms with Crippen LogP contribution in [0.1, 0.15) is 5.56 Å². The summed E-state index contributed by atoms with van der Waals surface area (Å²) in [5, 5.41) is 2.63. The quantitative estimate of drug-likeness (QED) is 0.617. The first-order valence-electron chi connectivity index (χ1n) is 3.52. The number of hydrogen-bond acceptors (Lipinski definition) is 2. The average molecular weight is 196 g/mol. The summed E-state index contributed by atoms with van der Waals surface area (Å²) < 4.78 is 0. The molecule has 3 heteroatoms. The number of benzene rings is 1.